The summed E-state index contributed by atoms with van der Waals surface area (Å²) in [7, 11) is 1.72. The van der Waals surface area contributed by atoms with Crippen molar-refractivity contribution in [3.63, 3.8) is 0 Å². The van der Waals surface area contributed by atoms with Crippen molar-refractivity contribution in [3.8, 4) is 17.0 Å². The van der Waals surface area contributed by atoms with Crippen LogP contribution >= 0.6 is 0 Å². The Bertz CT molecular complexity index is 2240. The summed E-state index contributed by atoms with van der Waals surface area (Å²) in [5.74, 6) is 0.724. The predicted molar refractivity (Wildman–Crippen MR) is 198 cm³/mol. The molecule has 3 N–H and O–H groups in total. The minimum absolute atomic E-state index is 0.0816. The molecule has 256 valence electrons. The van der Waals surface area contributed by atoms with E-state index in [9.17, 15) is 5.11 Å². The Balaban J connectivity index is 1.15. The number of aromatic nitrogens is 6. The lowest BCUT2D eigenvalue weighted by Gasteiger charge is -2.41. The van der Waals surface area contributed by atoms with Gasteiger partial charge in [0.1, 0.15) is 29.3 Å². The average Bonchev–Trinajstić information content (AvgIpc) is 3.87. The monoisotopic (exact) mass is 675 g/mol. The molecule has 0 aliphatic heterocycles. The van der Waals surface area contributed by atoms with E-state index in [2.05, 4.69) is 51.9 Å². The molecule has 4 atom stereocenters. The molecule has 1 fully saturated rings. The highest BCUT2D eigenvalue weighted by atomic mass is 16.5. The van der Waals surface area contributed by atoms with E-state index in [-0.39, 0.29) is 5.92 Å². The largest absolute Gasteiger partial charge is 0.496 e. The Morgan fingerprint density at radius 3 is 2.29 bits per heavy atom. The Labute approximate surface area is 297 Å². The molecule has 5 aromatic carbocycles. The first-order valence-electron chi connectivity index (χ1n) is 17.6. The van der Waals surface area contributed by atoms with E-state index in [1.807, 2.05) is 102 Å². The van der Waals surface area contributed by atoms with Gasteiger partial charge in [-0.1, -0.05) is 132 Å². The molecule has 1 saturated carbocycles. The van der Waals surface area contributed by atoms with Crippen LogP contribution in [0.4, 0.5) is 0 Å². The Morgan fingerprint density at radius 1 is 0.824 bits per heavy atom. The van der Waals surface area contributed by atoms with Crippen molar-refractivity contribution < 1.29 is 9.84 Å². The van der Waals surface area contributed by atoms with Crippen LogP contribution in [0, 0.1) is 0 Å². The molecule has 1 aliphatic carbocycles. The summed E-state index contributed by atoms with van der Waals surface area (Å²) in [5.41, 5.74) is 13.2. The molecule has 1 aliphatic rings. The van der Waals surface area contributed by atoms with Gasteiger partial charge in [-0.3, -0.25) is 0 Å². The first-order valence-corrected chi connectivity index (χ1v) is 17.6. The molecule has 2 heterocycles. The molecule has 0 spiro atoms. The molecule has 7 aromatic rings. The van der Waals surface area contributed by atoms with E-state index in [4.69, 9.17) is 15.6 Å². The van der Waals surface area contributed by atoms with E-state index in [1.54, 1.807) is 11.8 Å². The van der Waals surface area contributed by atoms with Crippen molar-refractivity contribution in [1.29, 1.82) is 0 Å². The third-order valence-corrected chi connectivity index (χ3v) is 10.4. The maximum atomic E-state index is 11.7. The van der Waals surface area contributed by atoms with Crippen molar-refractivity contribution in [2.45, 2.75) is 55.8 Å². The summed E-state index contributed by atoms with van der Waals surface area (Å²) in [6.45, 7) is 0.658. The van der Waals surface area contributed by atoms with Crippen LogP contribution in [-0.2, 0) is 12.1 Å². The number of aliphatic hydroxyl groups is 1. The SMILES string of the molecule is COc1ccc2cc(-c3cn(Cc4ccccc4)nn3)ccc2c1C1CCCCC1(N)c1cn([C@H](c2ccccc2)[C@H](O)c2ccccc2)nn1. The smallest absolute Gasteiger partial charge is 0.123 e. The van der Waals surface area contributed by atoms with Crippen LogP contribution in [0.3, 0.4) is 0 Å². The molecular weight excluding hydrogens is 635 g/mol. The number of nitrogens with two attached hydrogens (primary N) is 1. The lowest BCUT2D eigenvalue weighted by atomic mass is 9.67. The molecule has 0 bridgehead atoms. The van der Waals surface area contributed by atoms with Gasteiger partial charge in [0, 0.05) is 17.0 Å². The highest BCUT2D eigenvalue weighted by Gasteiger charge is 2.44. The molecule has 2 unspecified atom stereocenters. The van der Waals surface area contributed by atoms with E-state index in [1.165, 1.54) is 5.56 Å². The normalized spacial score (nSPS) is 18.8. The quantitative estimate of drug-likeness (QED) is 0.154. The minimum Gasteiger partial charge on any atom is -0.496 e. The van der Waals surface area contributed by atoms with Gasteiger partial charge in [-0.25, -0.2) is 9.36 Å². The van der Waals surface area contributed by atoms with Crippen LogP contribution in [0.5, 0.6) is 5.75 Å². The van der Waals surface area contributed by atoms with Crippen LogP contribution in [0.1, 0.15) is 71.7 Å². The van der Waals surface area contributed by atoms with Gasteiger partial charge < -0.3 is 15.6 Å². The molecule has 2 aromatic heterocycles. The zero-order chi connectivity index (χ0) is 34.8. The maximum Gasteiger partial charge on any atom is 0.123 e. The van der Waals surface area contributed by atoms with Crippen molar-refractivity contribution in [2.24, 2.45) is 5.73 Å². The van der Waals surface area contributed by atoms with Gasteiger partial charge in [-0.15, -0.1) is 10.2 Å². The zero-order valence-electron chi connectivity index (χ0n) is 28.6. The van der Waals surface area contributed by atoms with Crippen LogP contribution in [0.25, 0.3) is 22.0 Å². The van der Waals surface area contributed by atoms with Gasteiger partial charge in [0.2, 0.25) is 0 Å². The maximum absolute atomic E-state index is 11.7. The number of hydrogen-bond acceptors (Lipinski definition) is 7. The highest BCUT2D eigenvalue weighted by molar-refractivity contribution is 5.91. The summed E-state index contributed by atoms with van der Waals surface area (Å²) >= 11 is 0. The second-order valence-corrected chi connectivity index (χ2v) is 13.5. The number of ether oxygens (including phenoxy) is 1. The van der Waals surface area contributed by atoms with Gasteiger partial charge in [0.15, 0.2) is 0 Å². The number of fused-ring (bicyclic) bond motifs is 1. The lowest BCUT2D eigenvalue weighted by Crippen LogP contribution is -2.45. The number of aliphatic hydroxyl groups excluding tert-OH is 1. The van der Waals surface area contributed by atoms with Gasteiger partial charge in [0.05, 0.1) is 31.6 Å². The van der Waals surface area contributed by atoms with Crippen LogP contribution in [0.15, 0.2) is 134 Å². The molecule has 9 nitrogen and oxygen atoms in total. The second-order valence-electron chi connectivity index (χ2n) is 13.5. The summed E-state index contributed by atoms with van der Waals surface area (Å²) in [6.07, 6.45) is 6.73. The minimum atomic E-state index is -0.841. The fourth-order valence-electron chi connectivity index (χ4n) is 7.80. The van der Waals surface area contributed by atoms with E-state index in [0.29, 0.717) is 12.2 Å². The standard InChI is InChI=1S/C42H41N7O2/c1-51-37-23-21-32-25-33(36-27-48(46-44-36)26-29-13-5-2-6-14-29)20-22-34(32)39(37)35-19-11-12-24-42(35,43)38-28-49(47-45-38)40(30-15-7-3-8-16-30)41(50)31-17-9-4-10-18-31/h2-10,13-18,20-23,25,27-28,35,40-41,50H,11-12,19,24,26,43H2,1H3/t35?,40-,41-,42?/m1/s1. The van der Waals surface area contributed by atoms with Crippen molar-refractivity contribution in [1.82, 2.24) is 30.0 Å². The van der Waals surface area contributed by atoms with Crippen molar-refractivity contribution in [2.75, 3.05) is 7.11 Å². The number of hydrogen-bond donors (Lipinski definition) is 2. The van der Waals surface area contributed by atoms with E-state index >= 15 is 0 Å². The predicted octanol–water partition coefficient (Wildman–Crippen LogP) is 7.58. The molecule has 0 radical (unpaired) electrons. The first-order chi connectivity index (χ1) is 25.0. The van der Waals surface area contributed by atoms with Gasteiger partial charge >= 0.3 is 0 Å². The first kappa shape index (κ1) is 32.6. The highest BCUT2D eigenvalue weighted by Crippen LogP contribution is 2.50. The number of rotatable bonds is 10. The van der Waals surface area contributed by atoms with Gasteiger partial charge in [0.25, 0.3) is 0 Å². The Hall–Kier alpha value is -5.64. The fraction of sp³-hybridized carbons (Fsp3) is 0.238. The number of benzene rings is 5. The van der Waals surface area contributed by atoms with Crippen molar-refractivity contribution in [3.05, 3.63) is 162 Å². The molecule has 0 amide bonds. The van der Waals surface area contributed by atoms with E-state index < -0.39 is 17.7 Å². The molecule has 51 heavy (non-hydrogen) atoms. The van der Waals surface area contributed by atoms with Crippen LogP contribution in [0.2, 0.25) is 0 Å². The zero-order valence-corrected chi connectivity index (χ0v) is 28.6. The number of methoxy groups -OCH3 is 1. The summed E-state index contributed by atoms with van der Waals surface area (Å²) in [6, 6.07) is 40.0. The third kappa shape index (κ3) is 6.30. The van der Waals surface area contributed by atoms with E-state index in [0.717, 1.165) is 70.2 Å². The fourth-order valence-corrected chi connectivity index (χ4v) is 7.80. The van der Waals surface area contributed by atoms with Crippen LogP contribution < -0.4 is 10.5 Å². The summed E-state index contributed by atoms with van der Waals surface area (Å²) < 4.78 is 9.68. The molecule has 0 saturated heterocycles. The molecule has 8 rings (SSSR count). The van der Waals surface area contributed by atoms with Crippen LogP contribution in [-0.4, -0.2) is 42.2 Å². The summed E-state index contributed by atoms with van der Waals surface area (Å²) in [4.78, 5) is 0. The molecule has 9 heteroatoms. The third-order valence-electron chi connectivity index (χ3n) is 10.4. The Morgan fingerprint density at radius 2 is 1.55 bits per heavy atom. The number of nitrogens with zero attached hydrogens (tertiary/aromatic N) is 6. The summed E-state index contributed by atoms with van der Waals surface area (Å²) in [5, 5.41) is 32.2. The Kier molecular flexibility index (Phi) is 8.90. The van der Waals surface area contributed by atoms with Gasteiger partial charge in [-0.2, -0.15) is 0 Å². The lowest BCUT2D eigenvalue weighted by molar-refractivity contribution is 0.124. The van der Waals surface area contributed by atoms with Crippen molar-refractivity contribution >= 4 is 10.8 Å². The average molecular weight is 676 g/mol. The second kappa shape index (κ2) is 13.9. The molecular formula is C42H41N7O2. The van der Waals surface area contributed by atoms with Gasteiger partial charge in [-0.05, 0) is 52.4 Å². The topological polar surface area (TPSA) is 117 Å².